The van der Waals surface area contributed by atoms with Crippen molar-refractivity contribution in [3.8, 4) is 5.69 Å². The third-order valence-corrected chi connectivity index (χ3v) is 6.59. The third kappa shape index (κ3) is 2.85. The predicted molar refractivity (Wildman–Crippen MR) is 108 cm³/mol. The van der Waals surface area contributed by atoms with Crippen LogP contribution >= 0.6 is 11.3 Å². The Morgan fingerprint density at radius 3 is 2.73 bits per heavy atom. The van der Waals surface area contributed by atoms with Crippen molar-refractivity contribution in [2.45, 2.75) is 12.8 Å². The molecule has 2 aliphatic rings. The molecule has 152 valence electrons. The molecule has 1 aliphatic carbocycles. The number of benzene rings is 1. The summed E-state index contributed by atoms with van der Waals surface area (Å²) in [4.78, 5) is 30.7. The van der Waals surface area contributed by atoms with Crippen molar-refractivity contribution in [3.63, 3.8) is 0 Å². The molecule has 30 heavy (non-hydrogen) atoms. The van der Waals surface area contributed by atoms with Gasteiger partial charge in [-0.25, -0.2) is 18.9 Å². The van der Waals surface area contributed by atoms with E-state index in [0.29, 0.717) is 24.4 Å². The lowest BCUT2D eigenvalue weighted by Gasteiger charge is -2.44. The first-order chi connectivity index (χ1) is 14.5. The number of nitrogens with zero attached hydrogens (tertiary/aromatic N) is 4. The first-order valence-electron chi connectivity index (χ1n) is 9.44. The maximum atomic E-state index is 13.5. The lowest BCUT2D eigenvalue weighted by Crippen LogP contribution is -2.53. The molecule has 0 bridgehead atoms. The highest BCUT2D eigenvalue weighted by atomic mass is 32.1. The van der Waals surface area contributed by atoms with Gasteiger partial charge in [0.1, 0.15) is 5.82 Å². The fourth-order valence-corrected chi connectivity index (χ4v) is 5.02. The second-order valence-corrected chi connectivity index (χ2v) is 8.39. The van der Waals surface area contributed by atoms with Gasteiger partial charge in [0.2, 0.25) is 5.78 Å². The second-order valence-electron chi connectivity index (χ2n) is 7.49. The van der Waals surface area contributed by atoms with Gasteiger partial charge in [-0.1, -0.05) is 5.57 Å². The number of rotatable bonds is 3. The fourth-order valence-electron chi connectivity index (χ4n) is 4.34. The van der Waals surface area contributed by atoms with Gasteiger partial charge in [0.05, 0.1) is 23.0 Å². The van der Waals surface area contributed by atoms with Gasteiger partial charge < -0.3 is 10.0 Å². The van der Waals surface area contributed by atoms with Crippen LogP contribution in [-0.4, -0.2) is 49.7 Å². The van der Waals surface area contributed by atoms with Crippen LogP contribution in [0.15, 0.2) is 47.6 Å². The number of likely N-dealkylation sites (tertiary alicyclic amines) is 1. The summed E-state index contributed by atoms with van der Waals surface area (Å²) in [5.41, 5.74) is 2.30. The van der Waals surface area contributed by atoms with Gasteiger partial charge in [0.15, 0.2) is 5.01 Å². The minimum Gasteiger partial charge on any atom is -0.465 e. The molecular formula is C21H17FN4O3S. The maximum absolute atomic E-state index is 13.5. The van der Waals surface area contributed by atoms with Gasteiger partial charge in [0, 0.05) is 24.7 Å². The Bertz CT molecular complexity index is 1170. The second kappa shape index (κ2) is 6.88. The third-order valence-electron chi connectivity index (χ3n) is 5.82. The molecule has 3 aromatic rings. The van der Waals surface area contributed by atoms with Crippen molar-refractivity contribution in [3.05, 3.63) is 69.7 Å². The van der Waals surface area contributed by atoms with E-state index in [2.05, 4.69) is 10.1 Å². The number of carboxylic acid groups (broad SMARTS) is 1. The average molecular weight is 424 g/mol. The van der Waals surface area contributed by atoms with Crippen molar-refractivity contribution >= 4 is 29.3 Å². The summed E-state index contributed by atoms with van der Waals surface area (Å²) in [5.74, 6) is -0.484. The fraction of sp³-hybridized carbons (Fsp3) is 0.238. The molecule has 1 fully saturated rings. The Balaban J connectivity index is 1.62. The lowest BCUT2D eigenvalue weighted by atomic mass is 9.66. The zero-order valence-corrected chi connectivity index (χ0v) is 16.6. The van der Waals surface area contributed by atoms with Gasteiger partial charge in [-0.05, 0) is 48.7 Å². The molecule has 3 heterocycles. The van der Waals surface area contributed by atoms with Gasteiger partial charge in [-0.2, -0.15) is 5.10 Å². The van der Waals surface area contributed by atoms with E-state index in [1.807, 2.05) is 6.08 Å². The molecule has 2 aromatic heterocycles. The molecule has 1 aliphatic heterocycles. The van der Waals surface area contributed by atoms with E-state index in [0.717, 1.165) is 22.5 Å². The molecule has 7 nitrogen and oxygen atoms in total. The zero-order valence-electron chi connectivity index (χ0n) is 15.8. The summed E-state index contributed by atoms with van der Waals surface area (Å²) in [6.07, 6.45) is 4.99. The van der Waals surface area contributed by atoms with Crippen LogP contribution in [0.3, 0.4) is 0 Å². The van der Waals surface area contributed by atoms with Crippen molar-refractivity contribution < 1.29 is 19.1 Å². The number of carbonyl (C=O) groups is 2. The van der Waals surface area contributed by atoms with Crippen molar-refractivity contribution in [1.82, 2.24) is 19.7 Å². The van der Waals surface area contributed by atoms with Crippen LogP contribution in [0.1, 0.15) is 27.5 Å². The number of hydrogen-bond acceptors (Lipinski definition) is 5. The molecule has 1 amide bonds. The van der Waals surface area contributed by atoms with E-state index in [1.54, 1.807) is 34.6 Å². The monoisotopic (exact) mass is 424 g/mol. The van der Waals surface area contributed by atoms with Crippen molar-refractivity contribution in [2.24, 2.45) is 5.41 Å². The zero-order chi connectivity index (χ0) is 20.9. The number of thiazole rings is 1. The van der Waals surface area contributed by atoms with Crippen LogP contribution in [0, 0.1) is 11.2 Å². The highest BCUT2D eigenvalue weighted by Gasteiger charge is 2.50. The lowest BCUT2D eigenvalue weighted by molar-refractivity contribution is 0.0690. The quantitative estimate of drug-likeness (QED) is 0.649. The number of Topliss-reactive ketones (excluding diaryl/α,β-unsaturated/α-hetero) is 1. The molecule has 1 saturated heterocycles. The van der Waals surface area contributed by atoms with Crippen LogP contribution in [0.25, 0.3) is 11.8 Å². The number of aromatic nitrogens is 3. The van der Waals surface area contributed by atoms with Crippen molar-refractivity contribution in [1.29, 1.82) is 0 Å². The summed E-state index contributed by atoms with van der Waals surface area (Å²) in [5, 5.41) is 16.1. The first kappa shape index (κ1) is 18.7. The SMILES string of the molecule is O=C(O)N1CCC2=Cc3c(cnn3-c3ccc(F)cc3)CC2(C(=O)c2nccs2)C1. The molecular weight excluding hydrogens is 407 g/mol. The van der Waals surface area contributed by atoms with Gasteiger partial charge in [-0.3, -0.25) is 4.79 Å². The number of piperidine rings is 1. The van der Waals surface area contributed by atoms with E-state index >= 15 is 0 Å². The van der Waals surface area contributed by atoms with Gasteiger partial charge in [-0.15, -0.1) is 11.3 Å². The summed E-state index contributed by atoms with van der Waals surface area (Å²) in [7, 11) is 0. The number of amides is 1. The highest BCUT2D eigenvalue weighted by Crippen LogP contribution is 2.46. The highest BCUT2D eigenvalue weighted by molar-refractivity contribution is 7.11. The summed E-state index contributed by atoms with van der Waals surface area (Å²) >= 11 is 1.26. The van der Waals surface area contributed by atoms with Crippen molar-refractivity contribution in [2.75, 3.05) is 13.1 Å². The summed E-state index contributed by atoms with van der Waals surface area (Å²) in [6.45, 7) is 0.418. The molecule has 0 saturated carbocycles. The molecule has 0 spiro atoms. The molecule has 9 heteroatoms. The largest absolute Gasteiger partial charge is 0.465 e. The van der Waals surface area contributed by atoms with E-state index < -0.39 is 11.5 Å². The van der Waals surface area contributed by atoms with Gasteiger partial charge >= 0.3 is 6.09 Å². The Hall–Kier alpha value is -3.33. The van der Waals surface area contributed by atoms with Crippen LogP contribution in [0.2, 0.25) is 0 Å². The van der Waals surface area contributed by atoms with Crippen LogP contribution in [0.4, 0.5) is 9.18 Å². The van der Waals surface area contributed by atoms with Gasteiger partial charge in [0.25, 0.3) is 0 Å². The minimum absolute atomic E-state index is 0.0910. The molecule has 0 radical (unpaired) electrons. The standard InChI is InChI=1S/C21H17FN4O3S/c22-15-1-3-16(4-2-15)26-17-9-14-5-7-25(20(28)29)12-21(14,10-13(17)11-24-26)18(27)19-23-6-8-30-19/h1-4,6,8-9,11H,5,7,10,12H2,(H,28,29). The van der Waals surface area contributed by atoms with Crippen LogP contribution in [-0.2, 0) is 6.42 Å². The molecule has 1 aromatic carbocycles. The Morgan fingerprint density at radius 2 is 2.03 bits per heavy atom. The number of hydrogen-bond donors (Lipinski definition) is 1. The molecule has 1 N–H and O–H groups in total. The van der Waals surface area contributed by atoms with E-state index in [9.17, 15) is 19.1 Å². The number of ketones is 1. The normalized spacial score (nSPS) is 20.3. The van der Waals surface area contributed by atoms with Crippen LogP contribution < -0.4 is 0 Å². The van der Waals surface area contributed by atoms with E-state index in [-0.39, 0.29) is 18.1 Å². The average Bonchev–Trinajstić information content (AvgIpc) is 3.41. The molecule has 5 rings (SSSR count). The van der Waals surface area contributed by atoms with E-state index in [4.69, 9.17) is 0 Å². The topological polar surface area (TPSA) is 88.3 Å². The Morgan fingerprint density at radius 1 is 1.23 bits per heavy atom. The minimum atomic E-state index is -1.03. The first-order valence-corrected chi connectivity index (χ1v) is 10.3. The summed E-state index contributed by atoms with van der Waals surface area (Å²) in [6, 6.07) is 6.05. The number of halogens is 1. The number of carbonyl (C=O) groups excluding carboxylic acids is 1. The number of fused-ring (bicyclic) bond motifs is 2. The predicted octanol–water partition coefficient (Wildman–Crippen LogP) is 3.66. The molecule has 1 unspecified atom stereocenters. The maximum Gasteiger partial charge on any atom is 0.407 e. The Kier molecular flexibility index (Phi) is 4.28. The summed E-state index contributed by atoms with van der Waals surface area (Å²) < 4.78 is 15.1. The van der Waals surface area contributed by atoms with Crippen LogP contribution in [0.5, 0.6) is 0 Å². The van der Waals surface area contributed by atoms with E-state index in [1.165, 1.54) is 28.4 Å². The molecule has 1 atom stereocenters. The Labute approximate surface area is 175 Å². The smallest absolute Gasteiger partial charge is 0.407 e.